The molecule has 0 radical (unpaired) electrons. The number of hydrogen-bond acceptors (Lipinski definition) is 3. The Morgan fingerprint density at radius 2 is 1.88 bits per heavy atom. The fourth-order valence-corrected chi connectivity index (χ4v) is 3.21. The lowest BCUT2D eigenvalue weighted by molar-refractivity contribution is -0.0586. The van der Waals surface area contributed by atoms with Gasteiger partial charge in [0, 0.05) is 13.1 Å². The van der Waals surface area contributed by atoms with Crippen molar-refractivity contribution in [1.82, 2.24) is 14.7 Å². The summed E-state index contributed by atoms with van der Waals surface area (Å²) in [4.78, 5) is 14.7. The third-order valence-corrected chi connectivity index (χ3v) is 4.21. The van der Waals surface area contributed by atoms with Crippen LogP contribution in [0.5, 0.6) is 0 Å². The van der Waals surface area contributed by atoms with Crippen LogP contribution in [0.25, 0.3) is 5.69 Å². The smallest absolute Gasteiger partial charge is 0.257 e. The third-order valence-electron chi connectivity index (χ3n) is 4.21. The van der Waals surface area contributed by atoms with E-state index in [0.717, 1.165) is 11.4 Å². The average molecular weight is 331 g/mol. The predicted octanol–water partition coefficient (Wildman–Crippen LogP) is 2.82. The summed E-state index contributed by atoms with van der Waals surface area (Å²) in [6.45, 7) is 7.08. The van der Waals surface area contributed by atoms with E-state index in [-0.39, 0.29) is 23.9 Å². The van der Waals surface area contributed by atoms with Crippen LogP contribution in [0.15, 0.2) is 30.5 Å². The van der Waals surface area contributed by atoms with Crippen LogP contribution < -0.4 is 0 Å². The van der Waals surface area contributed by atoms with E-state index < -0.39 is 0 Å². The quantitative estimate of drug-likeness (QED) is 0.869. The van der Waals surface area contributed by atoms with Gasteiger partial charge in [-0.3, -0.25) is 4.79 Å². The summed E-state index contributed by atoms with van der Waals surface area (Å²) in [5, 5.41) is 4.36. The molecule has 1 saturated heterocycles. The molecule has 2 atom stereocenters. The number of halogens is 1. The minimum absolute atomic E-state index is 0.0231. The Hall–Kier alpha value is -2.21. The summed E-state index contributed by atoms with van der Waals surface area (Å²) in [5.41, 5.74) is 2.18. The molecule has 1 aliphatic rings. The molecule has 0 bridgehead atoms. The SMILES string of the molecule is CCc1c(C(=O)N2C[C@@H](C)O[C@@H](C)C2)cnn1-c1ccc(F)cc1. The third kappa shape index (κ3) is 3.19. The number of benzene rings is 1. The minimum atomic E-state index is -0.295. The van der Waals surface area contributed by atoms with Gasteiger partial charge in [-0.1, -0.05) is 6.92 Å². The van der Waals surface area contributed by atoms with Crippen LogP contribution in [0.1, 0.15) is 36.8 Å². The number of ether oxygens (including phenoxy) is 1. The molecular formula is C18H22FN3O2. The van der Waals surface area contributed by atoms with Gasteiger partial charge in [-0.15, -0.1) is 0 Å². The van der Waals surface area contributed by atoms with E-state index in [1.165, 1.54) is 12.1 Å². The van der Waals surface area contributed by atoms with Crippen LogP contribution >= 0.6 is 0 Å². The van der Waals surface area contributed by atoms with E-state index in [9.17, 15) is 9.18 Å². The van der Waals surface area contributed by atoms with Crippen LogP contribution in [0.3, 0.4) is 0 Å². The van der Waals surface area contributed by atoms with Crippen molar-refractivity contribution < 1.29 is 13.9 Å². The standard InChI is InChI=1S/C18H22FN3O2/c1-4-17-16(18(23)21-10-12(2)24-13(3)11-21)9-20-22(17)15-7-5-14(19)6-8-15/h5-9,12-13H,4,10-11H2,1-3H3/t12-,13+. The van der Waals surface area contributed by atoms with Crippen molar-refractivity contribution in [3.05, 3.63) is 47.5 Å². The van der Waals surface area contributed by atoms with Gasteiger partial charge < -0.3 is 9.64 Å². The first-order valence-electron chi connectivity index (χ1n) is 8.27. The topological polar surface area (TPSA) is 47.4 Å². The van der Waals surface area contributed by atoms with Gasteiger partial charge in [-0.25, -0.2) is 9.07 Å². The van der Waals surface area contributed by atoms with Crippen molar-refractivity contribution in [1.29, 1.82) is 0 Å². The maximum atomic E-state index is 13.1. The molecule has 6 heteroatoms. The van der Waals surface area contributed by atoms with E-state index in [1.807, 2.05) is 25.7 Å². The zero-order valence-corrected chi connectivity index (χ0v) is 14.2. The Morgan fingerprint density at radius 1 is 1.25 bits per heavy atom. The molecule has 0 N–H and O–H groups in total. The number of carbonyl (C=O) groups is 1. The number of nitrogens with zero attached hydrogens (tertiary/aromatic N) is 3. The number of carbonyl (C=O) groups excluding carboxylic acids is 1. The zero-order chi connectivity index (χ0) is 17.3. The minimum Gasteiger partial charge on any atom is -0.372 e. The molecule has 0 saturated carbocycles. The summed E-state index contributed by atoms with van der Waals surface area (Å²) in [6, 6.07) is 6.11. The number of morpholine rings is 1. The van der Waals surface area contributed by atoms with Gasteiger partial charge in [-0.05, 0) is 44.5 Å². The van der Waals surface area contributed by atoms with Gasteiger partial charge in [0.25, 0.3) is 5.91 Å². The fourth-order valence-electron chi connectivity index (χ4n) is 3.21. The van der Waals surface area contributed by atoms with Crippen LogP contribution in [-0.4, -0.2) is 45.9 Å². The van der Waals surface area contributed by atoms with Crippen LogP contribution in [0.2, 0.25) is 0 Å². The normalized spacial score (nSPS) is 21.1. The highest BCUT2D eigenvalue weighted by Gasteiger charge is 2.29. The van der Waals surface area contributed by atoms with Gasteiger partial charge in [-0.2, -0.15) is 5.10 Å². The molecule has 24 heavy (non-hydrogen) atoms. The second-order valence-electron chi connectivity index (χ2n) is 6.21. The van der Waals surface area contributed by atoms with Gasteiger partial charge in [0.1, 0.15) is 5.82 Å². The first-order chi connectivity index (χ1) is 11.5. The molecule has 2 heterocycles. The van der Waals surface area contributed by atoms with E-state index in [0.29, 0.717) is 25.1 Å². The number of amides is 1. The molecule has 3 rings (SSSR count). The van der Waals surface area contributed by atoms with Crippen molar-refractivity contribution in [3.63, 3.8) is 0 Å². The van der Waals surface area contributed by atoms with Crippen molar-refractivity contribution >= 4 is 5.91 Å². The highest BCUT2D eigenvalue weighted by molar-refractivity contribution is 5.95. The first kappa shape index (κ1) is 16.6. The Morgan fingerprint density at radius 3 is 2.46 bits per heavy atom. The lowest BCUT2D eigenvalue weighted by Crippen LogP contribution is -2.48. The molecule has 1 aromatic heterocycles. The van der Waals surface area contributed by atoms with E-state index in [2.05, 4.69) is 5.10 Å². The number of aromatic nitrogens is 2. The first-order valence-corrected chi connectivity index (χ1v) is 8.27. The second kappa shape index (κ2) is 6.73. The van der Waals surface area contributed by atoms with Gasteiger partial charge in [0.2, 0.25) is 0 Å². The van der Waals surface area contributed by atoms with E-state index in [4.69, 9.17) is 4.74 Å². The molecule has 1 aliphatic heterocycles. The van der Waals surface area contributed by atoms with Crippen molar-refractivity contribution in [2.75, 3.05) is 13.1 Å². The van der Waals surface area contributed by atoms with Gasteiger partial charge in [0.05, 0.1) is 35.3 Å². The zero-order valence-electron chi connectivity index (χ0n) is 14.2. The van der Waals surface area contributed by atoms with Crippen LogP contribution in [-0.2, 0) is 11.2 Å². The Kier molecular flexibility index (Phi) is 4.66. The fraction of sp³-hybridized carbons (Fsp3) is 0.444. The summed E-state index contributed by atoms with van der Waals surface area (Å²) in [5.74, 6) is -0.321. The summed E-state index contributed by atoms with van der Waals surface area (Å²) in [6.07, 6.45) is 2.31. The lowest BCUT2D eigenvalue weighted by Gasteiger charge is -2.35. The summed E-state index contributed by atoms with van der Waals surface area (Å²) >= 11 is 0. The van der Waals surface area contributed by atoms with E-state index >= 15 is 0 Å². The monoisotopic (exact) mass is 331 g/mol. The van der Waals surface area contributed by atoms with Gasteiger partial charge >= 0.3 is 0 Å². The van der Waals surface area contributed by atoms with Crippen LogP contribution in [0, 0.1) is 5.82 Å². The molecule has 1 aromatic carbocycles. The largest absolute Gasteiger partial charge is 0.372 e. The van der Waals surface area contributed by atoms with Crippen molar-refractivity contribution in [3.8, 4) is 5.69 Å². The van der Waals surface area contributed by atoms with Crippen molar-refractivity contribution in [2.24, 2.45) is 0 Å². The Labute approximate surface area is 141 Å². The maximum Gasteiger partial charge on any atom is 0.257 e. The molecule has 2 aromatic rings. The molecular weight excluding hydrogens is 309 g/mol. The lowest BCUT2D eigenvalue weighted by atomic mass is 10.1. The molecule has 0 unspecified atom stereocenters. The van der Waals surface area contributed by atoms with Crippen molar-refractivity contribution in [2.45, 2.75) is 39.4 Å². The summed E-state index contributed by atoms with van der Waals surface area (Å²) < 4.78 is 20.5. The molecule has 0 aliphatic carbocycles. The summed E-state index contributed by atoms with van der Waals surface area (Å²) in [7, 11) is 0. The maximum absolute atomic E-state index is 13.1. The molecule has 1 fully saturated rings. The molecule has 0 spiro atoms. The Balaban J connectivity index is 1.91. The average Bonchev–Trinajstić information content (AvgIpc) is 2.97. The predicted molar refractivity (Wildman–Crippen MR) is 88.8 cm³/mol. The molecule has 5 nitrogen and oxygen atoms in total. The molecule has 1 amide bonds. The number of hydrogen-bond donors (Lipinski definition) is 0. The highest BCUT2D eigenvalue weighted by Crippen LogP contribution is 2.20. The number of rotatable bonds is 3. The van der Waals surface area contributed by atoms with Gasteiger partial charge in [0.15, 0.2) is 0 Å². The molecule has 128 valence electrons. The Bertz CT molecular complexity index is 716. The second-order valence-corrected chi connectivity index (χ2v) is 6.21. The van der Waals surface area contributed by atoms with E-state index in [1.54, 1.807) is 23.0 Å². The highest BCUT2D eigenvalue weighted by atomic mass is 19.1. The van der Waals surface area contributed by atoms with Crippen LogP contribution in [0.4, 0.5) is 4.39 Å².